The summed E-state index contributed by atoms with van der Waals surface area (Å²) in [5, 5.41) is 28.5. The summed E-state index contributed by atoms with van der Waals surface area (Å²) in [6.45, 7) is 6.13. The number of hydrogen-bond donors (Lipinski definition) is 5. The number of piperazine rings is 1. The Bertz CT molecular complexity index is 524. The van der Waals surface area contributed by atoms with Gasteiger partial charge < -0.3 is 15.9 Å². The van der Waals surface area contributed by atoms with E-state index in [-0.39, 0.29) is 12.5 Å². The Morgan fingerprint density at radius 2 is 2.08 bits per heavy atom. The number of aliphatic hydroxyl groups is 2. The predicted molar refractivity (Wildman–Crippen MR) is 104 cm³/mol. The van der Waals surface area contributed by atoms with E-state index < -0.39 is 6.23 Å². The zero-order valence-corrected chi connectivity index (χ0v) is 16.3. The predicted octanol–water partition coefficient (Wildman–Crippen LogP) is -1.21. The lowest BCUT2D eigenvalue weighted by Gasteiger charge is -2.45. The van der Waals surface area contributed by atoms with Crippen LogP contribution in [0.5, 0.6) is 0 Å². The van der Waals surface area contributed by atoms with Crippen molar-refractivity contribution in [3.05, 3.63) is 0 Å². The molecule has 6 atom stereocenters. The first-order chi connectivity index (χ1) is 12.7. The van der Waals surface area contributed by atoms with Gasteiger partial charge in [0, 0.05) is 44.1 Å². The van der Waals surface area contributed by atoms with Crippen molar-refractivity contribution >= 4 is 16.9 Å². The maximum Gasteiger partial charge on any atom is 0.306 e. The quantitative estimate of drug-likeness (QED) is 0.388. The SMILES string of the molecule is NCC1CC2C(CCC3SC(=[N+]4CCN(CCCO)CC4)NC32)NC1O. The van der Waals surface area contributed by atoms with Crippen LogP contribution in [0.25, 0.3) is 0 Å². The molecule has 0 aromatic carbocycles. The molecule has 1 aliphatic carbocycles. The van der Waals surface area contributed by atoms with Crippen LogP contribution >= 0.6 is 11.8 Å². The lowest BCUT2D eigenvalue weighted by atomic mass is 9.72. The van der Waals surface area contributed by atoms with Gasteiger partial charge in [0.1, 0.15) is 12.3 Å². The molecule has 0 aromatic rings. The third-order valence-corrected chi connectivity index (χ3v) is 8.13. The molecule has 3 aliphatic heterocycles. The summed E-state index contributed by atoms with van der Waals surface area (Å²) in [6, 6.07) is 0.909. The Balaban J connectivity index is 1.40. The van der Waals surface area contributed by atoms with Crippen molar-refractivity contribution in [3.8, 4) is 0 Å². The molecular formula is C18H34N5O2S+. The number of amidine groups is 1. The molecule has 0 bridgehead atoms. The highest BCUT2D eigenvalue weighted by Gasteiger charge is 2.52. The Hall–Kier alpha value is -0.380. The van der Waals surface area contributed by atoms with Crippen LogP contribution in [-0.4, -0.2) is 94.3 Å². The van der Waals surface area contributed by atoms with Crippen LogP contribution in [0, 0.1) is 11.8 Å². The number of nitrogens with zero attached hydrogens (tertiary/aromatic N) is 2. The van der Waals surface area contributed by atoms with Gasteiger partial charge >= 0.3 is 5.17 Å². The minimum atomic E-state index is -0.442. The molecule has 7 nitrogen and oxygen atoms in total. The number of nitrogens with one attached hydrogen (secondary N) is 2. The normalized spacial score (nSPS) is 40.9. The number of thioether (sulfide) groups is 1. The smallest absolute Gasteiger partial charge is 0.306 e. The Morgan fingerprint density at radius 1 is 1.27 bits per heavy atom. The monoisotopic (exact) mass is 384 g/mol. The average molecular weight is 385 g/mol. The first-order valence-electron chi connectivity index (χ1n) is 10.2. The Kier molecular flexibility index (Phi) is 6.07. The first-order valence-corrected chi connectivity index (χ1v) is 11.1. The van der Waals surface area contributed by atoms with Crippen molar-refractivity contribution in [2.75, 3.05) is 45.9 Å². The van der Waals surface area contributed by atoms with E-state index >= 15 is 0 Å². The van der Waals surface area contributed by atoms with Crippen LogP contribution < -0.4 is 16.4 Å². The van der Waals surface area contributed by atoms with Crippen molar-refractivity contribution in [1.29, 1.82) is 0 Å². The molecule has 26 heavy (non-hydrogen) atoms. The highest BCUT2D eigenvalue weighted by atomic mass is 32.2. The van der Waals surface area contributed by atoms with E-state index in [0.717, 1.165) is 52.0 Å². The lowest BCUT2D eigenvalue weighted by Crippen LogP contribution is -2.61. The zero-order valence-electron chi connectivity index (χ0n) is 15.5. The number of fused-ring (bicyclic) bond motifs is 3. The van der Waals surface area contributed by atoms with Crippen LogP contribution in [-0.2, 0) is 0 Å². The zero-order chi connectivity index (χ0) is 18.1. The topological polar surface area (TPSA) is 96.8 Å². The van der Waals surface area contributed by atoms with E-state index in [4.69, 9.17) is 10.8 Å². The van der Waals surface area contributed by atoms with Gasteiger partial charge in [-0.15, -0.1) is 0 Å². The number of nitrogens with two attached hydrogens (primary N) is 1. The summed E-state index contributed by atoms with van der Waals surface area (Å²) in [4.78, 5) is 2.45. The maximum absolute atomic E-state index is 10.2. The summed E-state index contributed by atoms with van der Waals surface area (Å²) < 4.78 is 2.51. The number of hydrogen-bond acceptors (Lipinski definition) is 6. The largest absolute Gasteiger partial charge is 0.396 e. The molecule has 6 N–H and O–H groups in total. The second kappa shape index (κ2) is 8.32. The van der Waals surface area contributed by atoms with Gasteiger partial charge in [-0.2, -0.15) is 0 Å². The first kappa shape index (κ1) is 19.0. The molecule has 3 saturated heterocycles. The number of aliphatic hydroxyl groups excluding tert-OH is 2. The minimum Gasteiger partial charge on any atom is -0.396 e. The Labute approximate surface area is 160 Å². The third-order valence-electron chi connectivity index (χ3n) is 6.69. The van der Waals surface area contributed by atoms with Gasteiger partial charge in [-0.1, -0.05) is 0 Å². The fraction of sp³-hybridized carbons (Fsp3) is 0.944. The number of rotatable bonds is 4. The lowest BCUT2D eigenvalue weighted by molar-refractivity contribution is -0.539. The van der Waals surface area contributed by atoms with E-state index in [1.807, 2.05) is 11.8 Å². The molecule has 148 valence electrons. The molecule has 6 unspecified atom stereocenters. The van der Waals surface area contributed by atoms with Gasteiger partial charge in [-0.3, -0.25) is 20.1 Å². The van der Waals surface area contributed by atoms with Gasteiger partial charge in [0.05, 0.1) is 18.3 Å². The molecule has 0 spiro atoms. The molecule has 0 aromatic heterocycles. The van der Waals surface area contributed by atoms with Crippen LogP contribution in [0.2, 0.25) is 0 Å². The number of piperidine rings is 1. The standard InChI is InChI=1S/C18H33N5O2S/c19-11-12-10-13-14(20-17(12)25)2-3-15-16(13)21-18(26-15)23-7-5-22(6-8-23)4-1-9-24/h12-17,20,24-25H,1-11,19H2/p+1. The fourth-order valence-corrected chi connectivity index (χ4v) is 6.62. The van der Waals surface area contributed by atoms with Gasteiger partial charge in [0.2, 0.25) is 0 Å². The van der Waals surface area contributed by atoms with Crippen molar-refractivity contribution in [3.63, 3.8) is 0 Å². The summed E-state index contributed by atoms with van der Waals surface area (Å²) in [7, 11) is 0. The van der Waals surface area contributed by atoms with E-state index in [0.29, 0.717) is 29.8 Å². The van der Waals surface area contributed by atoms with Crippen LogP contribution in [0.3, 0.4) is 0 Å². The van der Waals surface area contributed by atoms with E-state index in [1.54, 1.807) is 0 Å². The summed E-state index contributed by atoms with van der Waals surface area (Å²) in [5.74, 6) is 0.725. The summed E-state index contributed by atoms with van der Waals surface area (Å²) >= 11 is 2.04. The van der Waals surface area contributed by atoms with Crippen LogP contribution in [0.4, 0.5) is 0 Å². The molecule has 4 aliphatic rings. The maximum atomic E-state index is 10.2. The van der Waals surface area contributed by atoms with Gasteiger partial charge in [0.15, 0.2) is 0 Å². The molecule has 1 saturated carbocycles. The van der Waals surface area contributed by atoms with Gasteiger partial charge in [0.25, 0.3) is 0 Å². The molecule has 8 heteroatoms. The van der Waals surface area contributed by atoms with E-state index in [2.05, 4.69) is 20.1 Å². The van der Waals surface area contributed by atoms with E-state index in [9.17, 15) is 5.11 Å². The molecule has 4 fully saturated rings. The average Bonchev–Trinajstić information content (AvgIpc) is 3.11. The highest BCUT2D eigenvalue weighted by Crippen LogP contribution is 2.42. The van der Waals surface area contributed by atoms with E-state index in [1.165, 1.54) is 11.6 Å². The molecule has 4 rings (SSSR count). The Morgan fingerprint density at radius 3 is 2.81 bits per heavy atom. The third kappa shape index (κ3) is 3.77. The van der Waals surface area contributed by atoms with Crippen molar-refractivity contribution in [2.45, 2.75) is 49.2 Å². The van der Waals surface area contributed by atoms with Crippen molar-refractivity contribution in [1.82, 2.24) is 15.5 Å². The summed E-state index contributed by atoms with van der Waals surface area (Å²) in [6.07, 6.45) is 3.81. The van der Waals surface area contributed by atoms with Crippen LogP contribution in [0.1, 0.15) is 25.7 Å². The van der Waals surface area contributed by atoms with Crippen molar-refractivity contribution < 1.29 is 14.8 Å². The highest BCUT2D eigenvalue weighted by molar-refractivity contribution is 8.14. The molecule has 0 radical (unpaired) electrons. The van der Waals surface area contributed by atoms with Crippen molar-refractivity contribution in [2.24, 2.45) is 17.6 Å². The molecular weight excluding hydrogens is 350 g/mol. The second-order valence-corrected chi connectivity index (χ2v) is 9.46. The molecule has 0 amide bonds. The second-order valence-electron chi connectivity index (χ2n) is 8.23. The minimum absolute atomic E-state index is 0.168. The van der Waals surface area contributed by atoms with Gasteiger partial charge in [-0.05, 0) is 44.0 Å². The fourth-order valence-electron chi connectivity index (χ4n) is 5.13. The summed E-state index contributed by atoms with van der Waals surface area (Å²) in [5.41, 5.74) is 5.89. The molecule has 3 heterocycles. The van der Waals surface area contributed by atoms with Crippen LogP contribution in [0.15, 0.2) is 0 Å². The van der Waals surface area contributed by atoms with Gasteiger partial charge in [-0.25, -0.2) is 0 Å².